The summed E-state index contributed by atoms with van der Waals surface area (Å²) in [4.78, 5) is 19.9. The smallest absolute Gasteiger partial charge is 0.433 e. The van der Waals surface area contributed by atoms with Crippen molar-refractivity contribution in [3.8, 4) is 17.0 Å². The normalized spacial score (nSPS) is 11.3. The van der Waals surface area contributed by atoms with Gasteiger partial charge in [0.2, 0.25) is 5.91 Å². The lowest BCUT2D eigenvalue weighted by atomic mass is 10.1. The van der Waals surface area contributed by atoms with Crippen LogP contribution in [0.2, 0.25) is 10.0 Å². The number of rotatable bonds is 6. The molecular formula is C20H14Cl2F3N3O2S. The fourth-order valence-electron chi connectivity index (χ4n) is 2.45. The van der Waals surface area contributed by atoms with E-state index in [2.05, 4.69) is 15.3 Å². The van der Waals surface area contributed by atoms with Crippen LogP contribution in [0.15, 0.2) is 53.7 Å². The molecule has 0 saturated carbocycles. The molecule has 0 fully saturated rings. The molecule has 0 saturated heterocycles. The average Bonchev–Trinajstić information content (AvgIpc) is 2.74. The van der Waals surface area contributed by atoms with Crippen LogP contribution in [0.25, 0.3) is 11.3 Å². The maximum atomic E-state index is 13.3. The van der Waals surface area contributed by atoms with Crippen molar-refractivity contribution in [2.24, 2.45) is 0 Å². The summed E-state index contributed by atoms with van der Waals surface area (Å²) in [7, 11) is 1.49. The van der Waals surface area contributed by atoms with Crippen LogP contribution in [-0.2, 0) is 11.0 Å². The monoisotopic (exact) mass is 487 g/mol. The molecule has 0 bridgehead atoms. The Labute approximate surface area is 189 Å². The third-order valence-corrected chi connectivity index (χ3v) is 5.50. The molecule has 2 aromatic carbocycles. The van der Waals surface area contributed by atoms with Crippen LogP contribution >= 0.6 is 35.0 Å². The van der Waals surface area contributed by atoms with Crippen LogP contribution in [0.3, 0.4) is 0 Å². The van der Waals surface area contributed by atoms with Gasteiger partial charge in [-0.2, -0.15) is 13.2 Å². The molecule has 3 rings (SSSR count). The number of nitrogens with zero attached hydrogens (tertiary/aromatic N) is 2. The van der Waals surface area contributed by atoms with Crippen LogP contribution in [-0.4, -0.2) is 28.7 Å². The van der Waals surface area contributed by atoms with Gasteiger partial charge in [-0.3, -0.25) is 4.79 Å². The Balaban J connectivity index is 1.79. The second kappa shape index (κ2) is 9.76. The van der Waals surface area contributed by atoms with Gasteiger partial charge in [-0.15, -0.1) is 0 Å². The van der Waals surface area contributed by atoms with Gasteiger partial charge in [0.25, 0.3) is 0 Å². The molecule has 31 heavy (non-hydrogen) atoms. The van der Waals surface area contributed by atoms with Crippen molar-refractivity contribution in [3.05, 3.63) is 64.3 Å². The SMILES string of the molecule is COc1ccc(-c2cc(C(F)(F)F)nc(SCC(=O)Nc3ccc(Cl)c(Cl)c3)n2)cc1. The van der Waals surface area contributed by atoms with Gasteiger partial charge in [0.05, 0.1) is 28.6 Å². The molecule has 0 aliphatic rings. The summed E-state index contributed by atoms with van der Waals surface area (Å²) in [5, 5.41) is 3.01. The van der Waals surface area contributed by atoms with E-state index in [-0.39, 0.29) is 21.6 Å². The number of alkyl halides is 3. The van der Waals surface area contributed by atoms with Gasteiger partial charge >= 0.3 is 6.18 Å². The molecule has 0 aliphatic heterocycles. The van der Waals surface area contributed by atoms with E-state index >= 15 is 0 Å². The van der Waals surface area contributed by atoms with Gasteiger partial charge in [0.15, 0.2) is 5.16 Å². The Bertz CT molecular complexity index is 1100. The van der Waals surface area contributed by atoms with E-state index in [1.807, 2.05) is 0 Å². The van der Waals surface area contributed by atoms with Gasteiger partial charge < -0.3 is 10.1 Å². The van der Waals surface area contributed by atoms with E-state index in [1.54, 1.807) is 30.3 Å². The van der Waals surface area contributed by atoms with E-state index in [4.69, 9.17) is 27.9 Å². The van der Waals surface area contributed by atoms with Crippen molar-refractivity contribution >= 4 is 46.6 Å². The van der Waals surface area contributed by atoms with Gasteiger partial charge in [0, 0.05) is 11.3 Å². The topological polar surface area (TPSA) is 64.1 Å². The zero-order chi connectivity index (χ0) is 22.6. The highest BCUT2D eigenvalue weighted by atomic mass is 35.5. The summed E-state index contributed by atoms with van der Waals surface area (Å²) >= 11 is 12.5. The van der Waals surface area contributed by atoms with Gasteiger partial charge in [-0.25, -0.2) is 9.97 Å². The number of nitrogens with one attached hydrogen (secondary N) is 1. The maximum Gasteiger partial charge on any atom is 0.433 e. The van der Waals surface area contributed by atoms with Crippen LogP contribution in [0.4, 0.5) is 18.9 Å². The first-order chi connectivity index (χ1) is 14.7. The number of hydrogen-bond donors (Lipinski definition) is 1. The molecule has 162 valence electrons. The van der Waals surface area contributed by atoms with Crippen LogP contribution in [0.1, 0.15) is 5.69 Å². The standard InChI is InChI=1S/C20H14Cl2F3N3O2S/c1-30-13-5-2-11(3-6-13)16-9-17(20(23,24)25)28-19(27-16)31-10-18(29)26-12-4-7-14(21)15(22)8-12/h2-9H,10H2,1H3,(H,26,29). The second-order valence-corrected chi connectivity index (χ2v) is 7.87. The number of ether oxygens (including phenoxy) is 1. The Morgan fingerprint density at radius 3 is 2.39 bits per heavy atom. The van der Waals surface area contributed by atoms with E-state index in [0.717, 1.165) is 17.8 Å². The summed E-state index contributed by atoms with van der Waals surface area (Å²) in [5.74, 6) is -0.110. The first-order valence-electron chi connectivity index (χ1n) is 8.64. The third-order valence-electron chi connectivity index (χ3n) is 3.92. The lowest BCUT2D eigenvalue weighted by molar-refractivity contribution is -0.141. The zero-order valence-corrected chi connectivity index (χ0v) is 18.2. The summed E-state index contributed by atoms with van der Waals surface area (Å²) in [6.07, 6.45) is -4.66. The molecule has 3 aromatic rings. The molecule has 1 N–H and O–H groups in total. The molecule has 5 nitrogen and oxygen atoms in total. The minimum atomic E-state index is -4.66. The van der Waals surface area contributed by atoms with E-state index in [0.29, 0.717) is 22.0 Å². The largest absolute Gasteiger partial charge is 0.497 e. The molecule has 0 aliphatic carbocycles. The predicted octanol–water partition coefficient (Wildman–Crippen LogP) is 6.21. The highest BCUT2D eigenvalue weighted by Gasteiger charge is 2.34. The molecule has 11 heteroatoms. The second-order valence-electron chi connectivity index (χ2n) is 6.11. The molecule has 1 aromatic heterocycles. The van der Waals surface area contributed by atoms with Crippen LogP contribution < -0.4 is 10.1 Å². The van der Waals surface area contributed by atoms with Crippen molar-refractivity contribution in [2.45, 2.75) is 11.3 Å². The van der Waals surface area contributed by atoms with E-state index < -0.39 is 17.8 Å². The highest BCUT2D eigenvalue weighted by Crippen LogP contribution is 2.32. The predicted molar refractivity (Wildman–Crippen MR) is 115 cm³/mol. The van der Waals surface area contributed by atoms with Gasteiger partial charge in [0.1, 0.15) is 11.4 Å². The lowest BCUT2D eigenvalue weighted by Crippen LogP contribution is -2.15. The first-order valence-corrected chi connectivity index (χ1v) is 10.4. The minimum Gasteiger partial charge on any atom is -0.497 e. The molecule has 0 unspecified atom stereocenters. The molecular weight excluding hydrogens is 474 g/mol. The number of thioether (sulfide) groups is 1. The summed E-state index contributed by atoms with van der Waals surface area (Å²) < 4.78 is 45.0. The molecule has 0 radical (unpaired) electrons. The molecule has 1 amide bonds. The number of halogens is 5. The van der Waals surface area contributed by atoms with E-state index in [9.17, 15) is 18.0 Å². The quantitative estimate of drug-likeness (QED) is 0.330. The zero-order valence-electron chi connectivity index (χ0n) is 15.8. The molecule has 0 spiro atoms. The Morgan fingerprint density at radius 2 is 1.77 bits per heavy atom. The summed E-state index contributed by atoms with van der Waals surface area (Å²) in [6.45, 7) is 0. The third kappa shape index (κ3) is 6.25. The number of aromatic nitrogens is 2. The highest BCUT2D eigenvalue weighted by molar-refractivity contribution is 7.99. The summed E-state index contributed by atoms with van der Waals surface area (Å²) in [6, 6.07) is 11.8. The number of anilines is 1. The molecule has 1 heterocycles. The Hall–Kier alpha value is -2.49. The first kappa shape index (κ1) is 23.2. The minimum absolute atomic E-state index is 0.0809. The van der Waals surface area contributed by atoms with Crippen molar-refractivity contribution in [1.29, 1.82) is 0 Å². The number of benzene rings is 2. The van der Waals surface area contributed by atoms with Crippen molar-refractivity contribution in [2.75, 3.05) is 18.2 Å². The number of hydrogen-bond acceptors (Lipinski definition) is 5. The fourth-order valence-corrected chi connectivity index (χ4v) is 3.40. The molecule has 0 atom stereocenters. The van der Waals surface area contributed by atoms with Gasteiger partial charge in [-0.05, 0) is 48.5 Å². The number of methoxy groups -OCH3 is 1. The number of carbonyl (C=O) groups is 1. The fraction of sp³-hybridized carbons (Fsp3) is 0.150. The lowest BCUT2D eigenvalue weighted by Gasteiger charge is -2.11. The van der Waals surface area contributed by atoms with Crippen molar-refractivity contribution in [1.82, 2.24) is 9.97 Å². The number of carbonyl (C=O) groups excluding carboxylic acids is 1. The van der Waals surface area contributed by atoms with Crippen LogP contribution in [0.5, 0.6) is 5.75 Å². The average molecular weight is 488 g/mol. The van der Waals surface area contributed by atoms with Crippen molar-refractivity contribution in [3.63, 3.8) is 0 Å². The maximum absolute atomic E-state index is 13.3. The Kier molecular flexibility index (Phi) is 7.30. The summed E-state index contributed by atoms with van der Waals surface area (Å²) in [5.41, 5.74) is -0.155. The van der Waals surface area contributed by atoms with Crippen LogP contribution in [0, 0.1) is 0 Å². The van der Waals surface area contributed by atoms with E-state index in [1.165, 1.54) is 19.2 Å². The number of amides is 1. The Morgan fingerprint density at radius 1 is 1.06 bits per heavy atom. The van der Waals surface area contributed by atoms with Gasteiger partial charge in [-0.1, -0.05) is 35.0 Å². The van der Waals surface area contributed by atoms with Crippen molar-refractivity contribution < 1.29 is 22.7 Å².